The quantitative estimate of drug-likeness (QED) is 0.798. The molecule has 0 aliphatic heterocycles. The average Bonchev–Trinajstić information content (AvgIpc) is 2.57. The Bertz CT molecular complexity index is 997. The summed E-state index contributed by atoms with van der Waals surface area (Å²) in [6, 6.07) is 9.54. The van der Waals surface area contributed by atoms with Gasteiger partial charge in [0.2, 0.25) is 15.9 Å². The lowest BCUT2D eigenvalue weighted by Crippen LogP contribution is -2.41. The van der Waals surface area contributed by atoms with E-state index in [0.717, 1.165) is 34.1 Å². The second kappa shape index (κ2) is 8.35. The van der Waals surface area contributed by atoms with E-state index in [2.05, 4.69) is 24.4 Å². The molecule has 1 N–H and O–H groups in total. The summed E-state index contributed by atoms with van der Waals surface area (Å²) in [5, 5.41) is 2.95. The van der Waals surface area contributed by atoms with Crippen molar-refractivity contribution in [3.63, 3.8) is 0 Å². The monoisotopic (exact) mass is 402 g/mol. The highest BCUT2D eigenvalue weighted by Gasteiger charge is 2.23. The van der Waals surface area contributed by atoms with Crippen molar-refractivity contribution in [1.29, 1.82) is 0 Å². The van der Waals surface area contributed by atoms with Crippen molar-refractivity contribution >= 4 is 21.6 Å². The number of rotatable bonds is 6. The van der Waals surface area contributed by atoms with Gasteiger partial charge in [0, 0.05) is 0 Å². The van der Waals surface area contributed by atoms with Gasteiger partial charge in [0.05, 0.1) is 18.0 Å². The third-order valence-corrected chi connectivity index (χ3v) is 6.17. The lowest BCUT2D eigenvalue weighted by atomic mass is 9.96. The number of hydrogen-bond donors (Lipinski definition) is 1. The van der Waals surface area contributed by atoms with Crippen molar-refractivity contribution in [2.75, 3.05) is 17.1 Å². The molecule has 2 aromatic carbocycles. The van der Waals surface area contributed by atoms with Gasteiger partial charge in [0.15, 0.2) is 0 Å². The van der Waals surface area contributed by atoms with Gasteiger partial charge in [-0.2, -0.15) is 0 Å². The van der Waals surface area contributed by atoms with Crippen LogP contribution >= 0.6 is 0 Å². The maximum Gasteiger partial charge on any atom is 0.241 e. The minimum atomic E-state index is -3.60. The zero-order chi connectivity index (χ0) is 21.2. The van der Waals surface area contributed by atoms with Gasteiger partial charge < -0.3 is 5.32 Å². The molecule has 0 radical (unpaired) electrons. The molecule has 0 aliphatic rings. The van der Waals surface area contributed by atoms with Gasteiger partial charge in [0.1, 0.15) is 6.54 Å². The van der Waals surface area contributed by atoms with Crippen LogP contribution in [0, 0.1) is 34.6 Å². The van der Waals surface area contributed by atoms with Gasteiger partial charge in [-0.25, -0.2) is 8.42 Å². The van der Waals surface area contributed by atoms with E-state index in [9.17, 15) is 13.2 Å². The molecule has 2 rings (SSSR count). The molecule has 0 spiro atoms. The van der Waals surface area contributed by atoms with Crippen LogP contribution in [0.4, 0.5) is 5.69 Å². The Morgan fingerprint density at radius 2 is 1.57 bits per heavy atom. The van der Waals surface area contributed by atoms with Crippen molar-refractivity contribution in [2.24, 2.45) is 0 Å². The fourth-order valence-electron chi connectivity index (χ4n) is 3.31. The number of nitrogens with one attached hydrogen (secondary N) is 1. The third-order valence-electron chi connectivity index (χ3n) is 5.05. The standard InChI is InChI=1S/C22H30N2O3S/c1-14-8-9-15(2)21(10-14)24(28(7,26)27)13-22(25)23-19(6)20-12-17(4)16(3)11-18(20)5/h8-12,19H,13H2,1-7H3,(H,23,25)/t19-/m0/s1. The first-order valence-electron chi connectivity index (χ1n) is 9.32. The van der Waals surface area contributed by atoms with E-state index in [4.69, 9.17) is 0 Å². The molecule has 0 saturated heterocycles. The molecule has 0 aromatic heterocycles. The Labute approximate surface area is 168 Å². The van der Waals surface area contributed by atoms with Gasteiger partial charge in [-0.15, -0.1) is 0 Å². The van der Waals surface area contributed by atoms with E-state index in [1.54, 1.807) is 6.07 Å². The summed E-state index contributed by atoms with van der Waals surface area (Å²) in [5.74, 6) is -0.337. The Balaban J connectivity index is 2.25. The highest BCUT2D eigenvalue weighted by molar-refractivity contribution is 7.92. The fraction of sp³-hybridized carbons (Fsp3) is 0.409. The summed E-state index contributed by atoms with van der Waals surface area (Å²) in [6.45, 7) is 11.5. The molecule has 0 fully saturated rings. The Hall–Kier alpha value is -2.34. The molecule has 0 heterocycles. The highest BCUT2D eigenvalue weighted by atomic mass is 32.2. The van der Waals surface area contributed by atoms with E-state index in [0.29, 0.717) is 5.69 Å². The van der Waals surface area contributed by atoms with Crippen LogP contribution in [0.5, 0.6) is 0 Å². The number of hydrogen-bond acceptors (Lipinski definition) is 3. The second-order valence-corrected chi connectivity index (χ2v) is 9.55. The van der Waals surface area contributed by atoms with Crippen molar-refractivity contribution < 1.29 is 13.2 Å². The first kappa shape index (κ1) is 22.0. The van der Waals surface area contributed by atoms with Crippen molar-refractivity contribution in [3.05, 3.63) is 63.7 Å². The maximum absolute atomic E-state index is 12.7. The molecule has 1 amide bonds. The van der Waals surface area contributed by atoms with Crippen molar-refractivity contribution in [3.8, 4) is 0 Å². The summed E-state index contributed by atoms with van der Waals surface area (Å²) < 4.78 is 25.9. The lowest BCUT2D eigenvalue weighted by molar-refractivity contribution is -0.120. The topological polar surface area (TPSA) is 66.5 Å². The number of anilines is 1. The van der Waals surface area contributed by atoms with Gasteiger partial charge in [-0.05, 0) is 81.0 Å². The van der Waals surface area contributed by atoms with Crippen LogP contribution in [0.15, 0.2) is 30.3 Å². The Kier molecular flexibility index (Phi) is 6.55. The van der Waals surface area contributed by atoms with Crippen LogP contribution in [-0.4, -0.2) is 27.1 Å². The molecule has 5 nitrogen and oxygen atoms in total. The number of amides is 1. The van der Waals surface area contributed by atoms with E-state index in [1.165, 1.54) is 9.87 Å². The van der Waals surface area contributed by atoms with Crippen LogP contribution in [0.25, 0.3) is 0 Å². The largest absolute Gasteiger partial charge is 0.348 e. The van der Waals surface area contributed by atoms with Crippen LogP contribution in [0.1, 0.15) is 46.3 Å². The molecule has 0 saturated carbocycles. The van der Waals surface area contributed by atoms with E-state index < -0.39 is 10.0 Å². The van der Waals surface area contributed by atoms with Crippen LogP contribution in [0.3, 0.4) is 0 Å². The van der Waals surface area contributed by atoms with E-state index in [1.807, 2.05) is 46.8 Å². The normalized spacial score (nSPS) is 12.5. The van der Waals surface area contributed by atoms with Crippen LogP contribution < -0.4 is 9.62 Å². The minimum absolute atomic E-state index is 0.216. The molecular formula is C22H30N2O3S. The number of carbonyl (C=O) groups is 1. The van der Waals surface area contributed by atoms with Gasteiger partial charge >= 0.3 is 0 Å². The Morgan fingerprint density at radius 1 is 0.964 bits per heavy atom. The molecular weight excluding hydrogens is 372 g/mol. The molecule has 1 atom stereocenters. The van der Waals surface area contributed by atoms with Crippen LogP contribution in [-0.2, 0) is 14.8 Å². The molecule has 0 unspecified atom stereocenters. The number of nitrogens with zero attached hydrogens (tertiary/aromatic N) is 1. The molecule has 152 valence electrons. The number of benzene rings is 2. The number of carbonyl (C=O) groups excluding carboxylic acids is 1. The summed E-state index contributed by atoms with van der Waals surface area (Å²) in [4.78, 5) is 12.7. The highest BCUT2D eigenvalue weighted by Crippen LogP contribution is 2.25. The number of aryl methyl sites for hydroxylation is 5. The minimum Gasteiger partial charge on any atom is -0.348 e. The first-order valence-corrected chi connectivity index (χ1v) is 11.2. The third kappa shape index (κ3) is 5.13. The van der Waals surface area contributed by atoms with Gasteiger partial charge in [0.25, 0.3) is 0 Å². The summed E-state index contributed by atoms with van der Waals surface area (Å²) in [5.41, 5.74) is 6.79. The maximum atomic E-state index is 12.7. The molecule has 28 heavy (non-hydrogen) atoms. The van der Waals surface area contributed by atoms with E-state index in [-0.39, 0.29) is 18.5 Å². The summed E-state index contributed by atoms with van der Waals surface area (Å²) >= 11 is 0. The molecule has 0 bridgehead atoms. The van der Waals surface area contributed by atoms with Gasteiger partial charge in [-0.1, -0.05) is 24.3 Å². The summed E-state index contributed by atoms with van der Waals surface area (Å²) in [6.07, 6.45) is 1.12. The van der Waals surface area contributed by atoms with Crippen molar-refractivity contribution in [2.45, 2.75) is 47.6 Å². The smallest absolute Gasteiger partial charge is 0.241 e. The zero-order valence-corrected chi connectivity index (χ0v) is 18.6. The molecule has 0 aliphatic carbocycles. The average molecular weight is 403 g/mol. The lowest BCUT2D eigenvalue weighted by Gasteiger charge is -2.25. The zero-order valence-electron chi connectivity index (χ0n) is 17.8. The first-order chi connectivity index (χ1) is 12.9. The number of sulfonamides is 1. The van der Waals surface area contributed by atoms with E-state index >= 15 is 0 Å². The van der Waals surface area contributed by atoms with Gasteiger partial charge in [-0.3, -0.25) is 9.10 Å². The van der Waals surface area contributed by atoms with Crippen molar-refractivity contribution in [1.82, 2.24) is 5.32 Å². The van der Waals surface area contributed by atoms with Crippen LogP contribution in [0.2, 0.25) is 0 Å². The summed E-state index contributed by atoms with van der Waals surface area (Å²) in [7, 11) is -3.60. The molecule has 6 heteroatoms. The molecule has 2 aromatic rings. The SMILES string of the molecule is Cc1ccc(C)c(N(CC(=O)N[C@@H](C)c2cc(C)c(C)cc2C)S(C)(=O)=O)c1. The predicted octanol–water partition coefficient (Wildman–Crippen LogP) is 3.87. The second-order valence-electron chi connectivity index (χ2n) is 7.64. The Morgan fingerprint density at radius 3 is 2.18 bits per heavy atom. The predicted molar refractivity (Wildman–Crippen MR) is 115 cm³/mol. The fourth-order valence-corrected chi connectivity index (χ4v) is 4.22.